The summed E-state index contributed by atoms with van der Waals surface area (Å²) in [4.78, 5) is 30.5. The van der Waals surface area contributed by atoms with Gasteiger partial charge < -0.3 is 20.1 Å². The standard InChI is InChI=1S/C15H17N5O4/c1-19-12-11(13(23)18-15(19)24)20(7-10(22)8-21)14(17-12)16-9-5-3-2-4-6-9/h2-6,10,21-22H,7-8H2,1H3,(H,16,17)(H,18,23,24). The Bertz CT molecular complexity index is 973. The molecule has 0 aliphatic rings. The monoisotopic (exact) mass is 331 g/mol. The summed E-state index contributed by atoms with van der Waals surface area (Å²) in [7, 11) is 1.49. The van der Waals surface area contributed by atoms with Crippen LogP contribution < -0.4 is 16.6 Å². The molecule has 0 radical (unpaired) electrons. The molecule has 0 aliphatic carbocycles. The number of H-pyrrole nitrogens is 1. The molecule has 24 heavy (non-hydrogen) atoms. The Kier molecular flexibility index (Phi) is 4.19. The molecule has 0 fully saturated rings. The third kappa shape index (κ3) is 2.82. The lowest BCUT2D eigenvalue weighted by atomic mass is 10.3. The summed E-state index contributed by atoms with van der Waals surface area (Å²) in [6, 6.07) is 9.16. The predicted molar refractivity (Wildman–Crippen MR) is 88.4 cm³/mol. The van der Waals surface area contributed by atoms with Crippen molar-refractivity contribution < 1.29 is 10.2 Å². The maximum atomic E-state index is 12.2. The van der Waals surface area contributed by atoms with Gasteiger partial charge in [0.25, 0.3) is 5.56 Å². The zero-order chi connectivity index (χ0) is 17.3. The van der Waals surface area contributed by atoms with Gasteiger partial charge in [-0.25, -0.2) is 4.79 Å². The fraction of sp³-hybridized carbons (Fsp3) is 0.267. The average Bonchev–Trinajstić information content (AvgIpc) is 2.92. The molecule has 0 spiro atoms. The number of hydrogen-bond acceptors (Lipinski definition) is 6. The van der Waals surface area contributed by atoms with E-state index in [0.717, 1.165) is 5.69 Å². The van der Waals surface area contributed by atoms with E-state index in [9.17, 15) is 14.7 Å². The minimum absolute atomic E-state index is 0.0521. The molecule has 1 atom stereocenters. The van der Waals surface area contributed by atoms with Crippen molar-refractivity contribution in [1.29, 1.82) is 0 Å². The van der Waals surface area contributed by atoms with E-state index in [4.69, 9.17) is 5.11 Å². The van der Waals surface area contributed by atoms with E-state index in [1.54, 1.807) is 0 Å². The van der Waals surface area contributed by atoms with Crippen molar-refractivity contribution in [3.63, 3.8) is 0 Å². The Labute approximate surface area is 135 Å². The molecule has 4 N–H and O–H groups in total. The normalized spacial score (nSPS) is 12.5. The maximum Gasteiger partial charge on any atom is 0.329 e. The molecule has 0 bridgehead atoms. The first-order valence-corrected chi connectivity index (χ1v) is 7.31. The van der Waals surface area contributed by atoms with Gasteiger partial charge in [0, 0.05) is 12.7 Å². The van der Waals surface area contributed by atoms with Crippen LogP contribution in [-0.4, -0.2) is 42.0 Å². The molecule has 0 aliphatic heterocycles. The number of aromatic nitrogens is 4. The summed E-state index contributed by atoms with van der Waals surface area (Å²) in [5.41, 5.74) is -0.123. The molecule has 9 heteroatoms. The van der Waals surface area contributed by atoms with Crippen LogP contribution in [0.15, 0.2) is 39.9 Å². The second kappa shape index (κ2) is 6.30. The van der Waals surface area contributed by atoms with Gasteiger partial charge in [0.05, 0.1) is 19.3 Å². The van der Waals surface area contributed by atoms with Crippen LogP contribution >= 0.6 is 0 Å². The quantitative estimate of drug-likeness (QED) is 0.500. The van der Waals surface area contributed by atoms with Crippen LogP contribution in [-0.2, 0) is 13.6 Å². The molecule has 3 aromatic rings. The molecule has 2 heterocycles. The highest BCUT2D eigenvalue weighted by Crippen LogP contribution is 2.20. The number of rotatable bonds is 5. The Morgan fingerprint density at radius 3 is 2.67 bits per heavy atom. The number of para-hydroxylation sites is 1. The van der Waals surface area contributed by atoms with Crippen molar-refractivity contribution in [2.45, 2.75) is 12.6 Å². The zero-order valence-corrected chi connectivity index (χ0v) is 12.9. The first kappa shape index (κ1) is 16.0. The molecule has 9 nitrogen and oxygen atoms in total. The van der Waals surface area contributed by atoms with Gasteiger partial charge >= 0.3 is 5.69 Å². The van der Waals surface area contributed by atoms with Crippen molar-refractivity contribution in [3.8, 4) is 0 Å². The Balaban J connectivity index is 2.21. The summed E-state index contributed by atoms with van der Waals surface area (Å²) < 4.78 is 2.66. The number of nitrogens with one attached hydrogen (secondary N) is 2. The summed E-state index contributed by atoms with van der Waals surface area (Å²) in [6.45, 7) is -0.516. The lowest BCUT2D eigenvalue weighted by Crippen LogP contribution is -2.30. The van der Waals surface area contributed by atoms with Gasteiger partial charge in [0.2, 0.25) is 5.95 Å². The maximum absolute atomic E-state index is 12.2. The number of aliphatic hydroxyl groups is 2. The summed E-state index contributed by atoms with van der Waals surface area (Å²) in [5, 5.41) is 22.0. The van der Waals surface area contributed by atoms with Gasteiger partial charge in [-0.05, 0) is 12.1 Å². The number of benzene rings is 1. The fourth-order valence-electron chi connectivity index (χ4n) is 2.43. The van der Waals surface area contributed by atoms with Crippen LogP contribution in [0.3, 0.4) is 0 Å². The van der Waals surface area contributed by atoms with E-state index in [1.807, 2.05) is 30.3 Å². The van der Waals surface area contributed by atoms with E-state index in [-0.39, 0.29) is 23.7 Å². The molecule has 2 aromatic heterocycles. The molecule has 0 saturated heterocycles. The number of anilines is 2. The van der Waals surface area contributed by atoms with Crippen LogP contribution in [0.4, 0.5) is 11.6 Å². The summed E-state index contributed by atoms with van der Waals surface area (Å²) >= 11 is 0. The van der Waals surface area contributed by atoms with Gasteiger partial charge in [-0.2, -0.15) is 4.98 Å². The predicted octanol–water partition coefficient (Wildman–Crippen LogP) is -0.480. The van der Waals surface area contributed by atoms with E-state index >= 15 is 0 Å². The Morgan fingerprint density at radius 1 is 1.29 bits per heavy atom. The number of nitrogens with zero attached hydrogens (tertiary/aromatic N) is 3. The van der Waals surface area contributed by atoms with Crippen molar-refractivity contribution in [2.75, 3.05) is 11.9 Å². The third-order valence-corrected chi connectivity index (χ3v) is 3.64. The van der Waals surface area contributed by atoms with Crippen LogP contribution in [0.5, 0.6) is 0 Å². The molecule has 3 rings (SSSR count). The Hall–Kier alpha value is -2.91. The smallest absolute Gasteiger partial charge is 0.329 e. The number of hydrogen-bond donors (Lipinski definition) is 4. The van der Waals surface area contributed by atoms with Crippen LogP contribution in [0.25, 0.3) is 11.2 Å². The van der Waals surface area contributed by atoms with Crippen LogP contribution in [0, 0.1) is 0 Å². The van der Waals surface area contributed by atoms with Gasteiger partial charge in [-0.1, -0.05) is 18.2 Å². The van der Waals surface area contributed by atoms with Gasteiger partial charge in [-0.3, -0.25) is 14.3 Å². The summed E-state index contributed by atoms with van der Waals surface area (Å²) in [6.07, 6.45) is -1.07. The number of aliphatic hydroxyl groups excluding tert-OH is 2. The number of aromatic amines is 1. The highest BCUT2D eigenvalue weighted by Gasteiger charge is 2.19. The Morgan fingerprint density at radius 2 is 2.00 bits per heavy atom. The lowest BCUT2D eigenvalue weighted by Gasteiger charge is -2.13. The van der Waals surface area contributed by atoms with Crippen LogP contribution in [0.2, 0.25) is 0 Å². The van der Waals surface area contributed by atoms with E-state index in [0.29, 0.717) is 0 Å². The highest BCUT2D eigenvalue weighted by atomic mass is 16.3. The van der Waals surface area contributed by atoms with E-state index in [1.165, 1.54) is 16.2 Å². The van der Waals surface area contributed by atoms with E-state index < -0.39 is 24.0 Å². The molecule has 0 saturated carbocycles. The molecular weight excluding hydrogens is 314 g/mol. The SMILES string of the molecule is Cn1c(=O)[nH]c(=O)c2c1nc(Nc1ccccc1)n2CC(O)CO. The van der Waals surface area contributed by atoms with Gasteiger partial charge in [0.15, 0.2) is 11.2 Å². The molecular formula is C15H17N5O4. The van der Waals surface area contributed by atoms with Crippen molar-refractivity contribution in [2.24, 2.45) is 7.05 Å². The summed E-state index contributed by atoms with van der Waals surface area (Å²) in [5.74, 6) is 0.287. The fourth-order valence-corrected chi connectivity index (χ4v) is 2.43. The topological polar surface area (TPSA) is 125 Å². The van der Waals surface area contributed by atoms with Crippen LogP contribution in [0.1, 0.15) is 0 Å². The van der Waals surface area contributed by atoms with Crippen molar-refractivity contribution >= 4 is 22.8 Å². The van der Waals surface area contributed by atoms with Gasteiger partial charge in [0.1, 0.15) is 0 Å². The number of fused-ring (bicyclic) bond motifs is 1. The minimum Gasteiger partial charge on any atom is -0.394 e. The molecule has 1 unspecified atom stereocenters. The first-order chi connectivity index (χ1) is 11.5. The average molecular weight is 331 g/mol. The second-order valence-electron chi connectivity index (χ2n) is 5.36. The molecule has 126 valence electrons. The van der Waals surface area contributed by atoms with E-state index in [2.05, 4.69) is 15.3 Å². The lowest BCUT2D eigenvalue weighted by molar-refractivity contribution is 0.0825. The largest absolute Gasteiger partial charge is 0.394 e. The number of imidazole rings is 1. The van der Waals surface area contributed by atoms with Crippen molar-refractivity contribution in [1.82, 2.24) is 19.1 Å². The molecule has 1 aromatic carbocycles. The molecule has 0 amide bonds. The second-order valence-corrected chi connectivity index (χ2v) is 5.36. The number of aryl methyl sites for hydroxylation is 1. The third-order valence-electron chi connectivity index (χ3n) is 3.64. The highest BCUT2D eigenvalue weighted by molar-refractivity contribution is 5.75. The zero-order valence-electron chi connectivity index (χ0n) is 12.9. The first-order valence-electron chi connectivity index (χ1n) is 7.31. The van der Waals surface area contributed by atoms with Gasteiger partial charge in [-0.15, -0.1) is 0 Å². The minimum atomic E-state index is -1.07. The van der Waals surface area contributed by atoms with Crippen molar-refractivity contribution in [3.05, 3.63) is 51.2 Å².